The van der Waals surface area contributed by atoms with E-state index in [1.54, 1.807) is 6.92 Å². The lowest BCUT2D eigenvalue weighted by Crippen LogP contribution is -2.10. The second-order valence-electron chi connectivity index (χ2n) is 4.68. The molecule has 0 aliphatic heterocycles. The first-order valence-electron chi connectivity index (χ1n) is 6.20. The first kappa shape index (κ1) is 16.5. The Labute approximate surface area is 128 Å². The van der Waals surface area contributed by atoms with Crippen LogP contribution in [0.3, 0.4) is 0 Å². The van der Waals surface area contributed by atoms with E-state index < -0.39 is 17.7 Å². The lowest BCUT2D eigenvalue weighted by atomic mass is 10.1. The first-order chi connectivity index (χ1) is 10.2. The molecule has 0 saturated carbocycles. The van der Waals surface area contributed by atoms with Gasteiger partial charge in [0.05, 0.1) is 17.5 Å². The number of rotatable bonds is 4. The summed E-state index contributed by atoms with van der Waals surface area (Å²) in [6.45, 7) is 1.54. The van der Waals surface area contributed by atoms with E-state index in [2.05, 4.69) is 4.98 Å². The predicted octanol–water partition coefficient (Wildman–Crippen LogP) is 4.00. The molecule has 118 valence electrons. The third kappa shape index (κ3) is 3.49. The Balaban J connectivity index is 2.43. The number of alkyl halides is 3. The number of benzene rings is 1. The Morgan fingerprint density at radius 2 is 2.05 bits per heavy atom. The van der Waals surface area contributed by atoms with Crippen molar-refractivity contribution < 1.29 is 22.4 Å². The fourth-order valence-electron chi connectivity index (χ4n) is 1.92. The maximum atomic E-state index is 14.1. The van der Waals surface area contributed by atoms with Crippen LogP contribution < -0.4 is 0 Å². The van der Waals surface area contributed by atoms with Gasteiger partial charge in [-0.2, -0.15) is 13.2 Å². The minimum atomic E-state index is -4.31. The van der Waals surface area contributed by atoms with E-state index in [9.17, 15) is 22.4 Å². The van der Waals surface area contributed by atoms with Crippen LogP contribution in [0.2, 0.25) is 0 Å². The second kappa shape index (κ2) is 6.12. The normalized spacial score (nSPS) is 11.7. The highest BCUT2D eigenvalue weighted by molar-refractivity contribution is 7.99. The van der Waals surface area contributed by atoms with Gasteiger partial charge < -0.3 is 4.57 Å². The molecule has 1 aromatic carbocycles. The summed E-state index contributed by atoms with van der Waals surface area (Å²) in [4.78, 5) is 15.1. The third-order valence-electron chi connectivity index (χ3n) is 3.04. The Bertz CT molecular complexity index is 710. The van der Waals surface area contributed by atoms with Crippen molar-refractivity contribution in [2.45, 2.75) is 18.0 Å². The van der Waals surface area contributed by atoms with Gasteiger partial charge in [-0.3, -0.25) is 4.79 Å². The topological polar surface area (TPSA) is 34.9 Å². The number of aryl methyl sites for hydroxylation is 1. The minimum Gasteiger partial charge on any atom is -0.325 e. The fraction of sp³-hybridized carbons (Fsp3) is 0.286. The molecule has 3 nitrogen and oxygen atoms in total. The molecule has 2 aromatic rings. The zero-order chi connectivity index (χ0) is 16.5. The highest BCUT2D eigenvalue weighted by Gasteiger charge is 2.28. The van der Waals surface area contributed by atoms with E-state index in [0.717, 1.165) is 0 Å². The largest absolute Gasteiger partial charge is 0.398 e. The molecule has 0 radical (unpaired) electrons. The maximum absolute atomic E-state index is 14.1. The van der Waals surface area contributed by atoms with Gasteiger partial charge in [0.1, 0.15) is 17.3 Å². The number of carbonyl (C=O) groups is 1. The number of hydrogen-bond acceptors (Lipinski definition) is 3. The third-order valence-corrected chi connectivity index (χ3v) is 4.26. The number of thioether (sulfide) groups is 1. The maximum Gasteiger partial charge on any atom is 0.398 e. The zero-order valence-corrected chi connectivity index (χ0v) is 12.6. The van der Waals surface area contributed by atoms with Crippen LogP contribution in [0.4, 0.5) is 17.6 Å². The van der Waals surface area contributed by atoms with Crippen molar-refractivity contribution in [2.75, 3.05) is 5.75 Å². The van der Waals surface area contributed by atoms with Crippen LogP contribution in [0, 0.1) is 12.7 Å². The summed E-state index contributed by atoms with van der Waals surface area (Å²) in [5.74, 6) is -1.47. The summed E-state index contributed by atoms with van der Waals surface area (Å²) in [5, 5.41) is 0. The Hall–Kier alpha value is -1.83. The lowest BCUT2D eigenvalue weighted by molar-refractivity contribution is -0.105. The number of hydrogen-bond donors (Lipinski definition) is 0. The van der Waals surface area contributed by atoms with E-state index in [1.807, 2.05) is 0 Å². The van der Waals surface area contributed by atoms with Gasteiger partial charge in [-0.25, -0.2) is 9.37 Å². The lowest BCUT2D eigenvalue weighted by Gasteiger charge is -2.11. The highest BCUT2D eigenvalue weighted by atomic mass is 32.2. The van der Waals surface area contributed by atoms with Crippen molar-refractivity contribution in [3.05, 3.63) is 35.4 Å². The minimum absolute atomic E-state index is 0.0610. The Morgan fingerprint density at radius 1 is 1.36 bits per heavy atom. The van der Waals surface area contributed by atoms with Gasteiger partial charge in [-0.05, 0) is 24.6 Å². The van der Waals surface area contributed by atoms with Crippen LogP contribution in [-0.4, -0.2) is 27.8 Å². The molecule has 0 amide bonds. The van der Waals surface area contributed by atoms with Crippen LogP contribution in [0.25, 0.3) is 11.4 Å². The molecule has 0 aliphatic rings. The SMILES string of the molecule is Cc1cc(F)c(-c2ncc(C=O)n2C)cc1SCC(F)(F)F. The van der Waals surface area contributed by atoms with Crippen molar-refractivity contribution in [3.63, 3.8) is 0 Å². The van der Waals surface area contributed by atoms with Crippen LogP contribution >= 0.6 is 11.8 Å². The number of carbonyl (C=O) groups excluding carboxylic acids is 1. The second-order valence-corrected chi connectivity index (χ2v) is 5.70. The molecule has 1 heterocycles. The monoisotopic (exact) mass is 332 g/mol. The number of aldehydes is 1. The van der Waals surface area contributed by atoms with Crippen LogP contribution in [-0.2, 0) is 7.05 Å². The van der Waals surface area contributed by atoms with Gasteiger partial charge in [0, 0.05) is 11.9 Å². The van der Waals surface area contributed by atoms with E-state index >= 15 is 0 Å². The Morgan fingerprint density at radius 3 is 2.59 bits per heavy atom. The van der Waals surface area contributed by atoms with Crippen LogP contribution in [0.5, 0.6) is 0 Å². The van der Waals surface area contributed by atoms with E-state index in [1.165, 1.54) is 29.9 Å². The van der Waals surface area contributed by atoms with Crippen molar-refractivity contribution in [2.24, 2.45) is 7.05 Å². The van der Waals surface area contributed by atoms with Crippen LogP contribution in [0.15, 0.2) is 23.2 Å². The summed E-state index contributed by atoms with van der Waals surface area (Å²) in [6.07, 6.45) is -2.45. The number of nitrogens with zero attached hydrogens (tertiary/aromatic N) is 2. The summed E-state index contributed by atoms with van der Waals surface area (Å²) < 4.78 is 52.5. The number of halogens is 4. The molecule has 22 heavy (non-hydrogen) atoms. The van der Waals surface area contributed by atoms with E-state index in [0.29, 0.717) is 28.5 Å². The smallest absolute Gasteiger partial charge is 0.325 e. The molecule has 0 saturated heterocycles. The van der Waals surface area contributed by atoms with Gasteiger partial charge in [-0.1, -0.05) is 0 Å². The summed E-state index contributed by atoms with van der Waals surface area (Å²) in [6, 6.07) is 2.50. The molecular formula is C14H12F4N2OS. The highest BCUT2D eigenvalue weighted by Crippen LogP contribution is 2.33. The zero-order valence-electron chi connectivity index (χ0n) is 11.7. The van der Waals surface area contributed by atoms with Crippen molar-refractivity contribution >= 4 is 18.0 Å². The van der Waals surface area contributed by atoms with Gasteiger partial charge in [-0.15, -0.1) is 11.8 Å². The summed E-state index contributed by atoms with van der Waals surface area (Å²) in [5.41, 5.74) is 0.727. The molecule has 0 bridgehead atoms. The number of aromatic nitrogens is 2. The molecule has 0 unspecified atom stereocenters. The van der Waals surface area contributed by atoms with Gasteiger partial charge in [0.25, 0.3) is 0 Å². The van der Waals surface area contributed by atoms with Crippen LogP contribution in [0.1, 0.15) is 16.1 Å². The average molecular weight is 332 g/mol. The Kier molecular flexibility index (Phi) is 4.60. The summed E-state index contributed by atoms with van der Waals surface area (Å²) in [7, 11) is 1.54. The standard InChI is InChI=1S/C14H12F4N2OS/c1-8-3-11(15)10(4-12(8)22-7-14(16,17)18)13-19-5-9(6-21)20(13)2/h3-6H,7H2,1-2H3. The molecule has 2 rings (SSSR count). The molecule has 1 aromatic heterocycles. The predicted molar refractivity (Wildman–Crippen MR) is 75.5 cm³/mol. The van der Waals surface area contributed by atoms with E-state index in [4.69, 9.17) is 0 Å². The molecular weight excluding hydrogens is 320 g/mol. The molecule has 0 atom stereocenters. The molecule has 0 fully saturated rings. The van der Waals surface area contributed by atoms with Crippen molar-refractivity contribution in [1.82, 2.24) is 9.55 Å². The quantitative estimate of drug-likeness (QED) is 0.482. The molecule has 0 N–H and O–H groups in total. The molecule has 0 aliphatic carbocycles. The van der Waals surface area contributed by atoms with Gasteiger partial charge in [0.2, 0.25) is 0 Å². The summed E-state index contributed by atoms with van der Waals surface area (Å²) >= 11 is 0.592. The van der Waals surface area contributed by atoms with Crippen molar-refractivity contribution in [1.29, 1.82) is 0 Å². The van der Waals surface area contributed by atoms with Crippen molar-refractivity contribution in [3.8, 4) is 11.4 Å². The molecule has 0 spiro atoms. The van der Waals surface area contributed by atoms with Gasteiger partial charge in [0.15, 0.2) is 6.29 Å². The van der Waals surface area contributed by atoms with Gasteiger partial charge >= 0.3 is 6.18 Å². The average Bonchev–Trinajstić information content (AvgIpc) is 2.78. The first-order valence-corrected chi connectivity index (χ1v) is 7.18. The molecule has 8 heteroatoms. The number of imidazole rings is 1. The van der Waals surface area contributed by atoms with E-state index in [-0.39, 0.29) is 17.1 Å². The fourth-order valence-corrected chi connectivity index (χ4v) is 2.73.